The van der Waals surface area contributed by atoms with Gasteiger partial charge in [0.25, 0.3) is 0 Å². The van der Waals surface area contributed by atoms with Gasteiger partial charge in [-0.05, 0) is 42.7 Å². The molecule has 27 heavy (non-hydrogen) atoms. The maximum atomic E-state index is 12.3. The van der Waals surface area contributed by atoms with Crippen LogP contribution in [0.2, 0.25) is 0 Å². The molecule has 0 spiro atoms. The molecule has 0 unspecified atom stereocenters. The van der Waals surface area contributed by atoms with E-state index in [1.165, 1.54) is 10.6 Å². The van der Waals surface area contributed by atoms with Crippen molar-refractivity contribution in [2.45, 2.75) is 20.3 Å². The zero-order valence-electron chi connectivity index (χ0n) is 16.2. The molecule has 146 valence electrons. The molecule has 0 aliphatic heterocycles. The third-order valence-corrected chi connectivity index (χ3v) is 5.42. The minimum absolute atomic E-state index is 0.157. The molecule has 0 atom stereocenters. The second-order valence-electron chi connectivity index (χ2n) is 6.45. The smallest absolute Gasteiger partial charge is 0.232 e. The first-order valence-electron chi connectivity index (χ1n) is 8.66. The van der Waals surface area contributed by atoms with Gasteiger partial charge in [0, 0.05) is 6.54 Å². The monoisotopic (exact) mass is 390 g/mol. The summed E-state index contributed by atoms with van der Waals surface area (Å²) in [7, 11) is -1.87. The van der Waals surface area contributed by atoms with Crippen molar-refractivity contribution in [2.75, 3.05) is 30.8 Å². The van der Waals surface area contributed by atoms with Crippen molar-refractivity contribution >= 4 is 21.6 Å². The van der Waals surface area contributed by atoms with Gasteiger partial charge in [-0.2, -0.15) is 0 Å². The van der Waals surface area contributed by atoms with Crippen molar-refractivity contribution in [1.82, 2.24) is 5.32 Å². The maximum Gasteiger partial charge on any atom is 0.232 e. The SMILES string of the molecule is COc1ccc(CC(=O)NCCN(c2c(C)cccc2C)S(C)(=O)=O)cc1. The van der Waals surface area contributed by atoms with Crippen LogP contribution in [-0.4, -0.2) is 40.8 Å². The lowest BCUT2D eigenvalue weighted by molar-refractivity contribution is -0.120. The van der Waals surface area contributed by atoms with Gasteiger partial charge in [-0.25, -0.2) is 8.42 Å². The number of aryl methyl sites for hydroxylation is 2. The molecule has 0 bridgehead atoms. The fraction of sp³-hybridized carbons (Fsp3) is 0.350. The molecule has 0 fully saturated rings. The van der Waals surface area contributed by atoms with Crippen LogP contribution in [0.5, 0.6) is 5.75 Å². The Bertz CT molecular complexity index is 872. The first-order chi connectivity index (χ1) is 12.7. The number of hydrogen-bond donors (Lipinski definition) is 1. The summed E-state index contributed by atoms with van der Waals surface area (Å²) in [6, 6.07) is 12.9. The molecule has 2 aromatic carbocycles. The number of benzene rings is 2. The molecule has 0 aromatic heterocycles. The molecular formula is C20H26N2O4S. The molecule has 0 aliphatic rings. The molecule has 0 heterocycles. The Morgan fingerprint density at radius 2 is 1.67 bits per heavy atom. The predicted octanol–water partition coefficient (Wildman–Crippen LogP) is 2.44. The molecule has 0 aliphatic carbocycles. The maximum absolute atomic E-state index is 12.3. The van der Waals surface area contributed by atoms with Crippen LogP contribution >= 0.6 is 0 Å². The number of amides is 1. The summed E-state index contributed by atoms with van der Waals surface area (Å²) in [5.74, 6) is 0.576. The van der Waals surface area contributed by atoms with Gasteiger partial charge in [0.1, 0.15) is 5.75 Å². The summed E-state index contributed by atoms with van der Waals surface area (Å²) in [4.78, 5) is 12.2. The normalized spacial score (nSPS) is 11.1. The van der Waals surface area contributed by atoms with Gasteiger partial charge >= 0.3 is 0 Å². The third kappa shape index (κ3) is 5.72. The van der Waals surface area contributed by atoms with E-state index in [2.05, 4.69) is 5.32 Å². The van der Waals surface area contributed by atoms with Crippen LogP contribution in [0.4, 0.5) is 5.69 Å². The standard InChI is InChI=1S/C20H26N2O4S/c1-15-6-5-7-16(2)20(15)22(27(4,24)25)13-12-21-19(23)14-17-8-10-18(26-3)11-9-17/h5-11H,12-14H2,1-4H3,(H,21,23). The van der Waals surface area contributed by atoms with Crippen LogP contribution in [0.1, 0.15) is 16.7 Å². The van der Waals surface area contributed by atoms with E-state index >= 15 is 0 Å². The lowest BCUT2D eigenvalue weighted by atomic mass is 10.1. The van der Waals surface area contributed by atoms with Gasteiger partial charge in [-0.3, -0.25) is 9.10 Å². The number of sulfonamides is 1. The number of ether oxygens (including phenoxy) is 1. The van der Waals surface area contributed by atoms with Crippen molar-refractivity contribution in [2.24, 2.45) is 0 Å². The van der Waals surface area contributed by atoms with Crippen molar-refractivity contribution in [1.29, 1.82) is 0 Å². The van der Waals surface area contributed by atoms with E-state index < -0.39 is 10.0 Å². The lowest BCUT2D eigenvalue weighted by Gasteiger charge is -2.26. The van der Waals surface area contributed by atoms with E-state index in [4.69, 9.17) is 4.74 Å². The van der Waals surface area contributed by atoms with E-state index in [-0.39, 0.29) is 25.4 Å². The van der Waals surface area contributed by atoms with Gasteiger partial charge in [0.05, 0.1) is 32.0 Å². The molecular weight excluding hydrogens is 364 g/mol. The van der Waals surface area contributed by atoms with Crippen molar-refractivity contribution < 1.29 is 17.9 Å². The number of nitrogens with zero attached hydrogens (tertiary/aromatic N) is 1. The Hall–Kier alpha value is -2.54. The minimum atomic E-state index is -3.46. The molecule has 0 saturated carbocycles. The quantitative estimate of drug-likeness (QED) is 0.751. The van der Waals surface area contributed by atoms with Crippen LogP contribution in [0.3, 0.4) is 0 Å². The van der Waals surface area contributed by atoms with Crippen LogP contribution in [0.15, 0.2) is 42.5 Å². The summed E-state index contributed by atoms with van der Waals surface area (Å²) >= 11 is 0. The second-order valence-corrected chi connectivity index (χ2v) is 8.36. The van der Waals surface area contributed by atoms with E-state index in [0.29, 0.717) is 5.69 Å². The lowest BCUT2D eigenvalue weighted by Crippen LogP contribution is -2.39. The summed E-state index contributed by atoms with van der Waals surface area (Å²) < 4.78 is 31.0. The third-order valence-electron chi connectivity index (χ3n) is 4.25. The Morgan fingerprint density at radius 3 is 2.19 bits per heavy atom. The van der Waals surface area contributed by atoms with E-state index in [9.17, 15) is 13.2 Å². The van der Waals surface area contributed by atoms with E-state index in [1.807, 2.05) is 44.2 Å². The topological polar surface area (TPSA) is 75.7 Å². The van der Waals surface area contributed by atoms with Crippen molar-refractivity contribution in [3.63, 3.8) is 0 Å². The molecule has 1 amide bonds. The fourth-order valence-electron chi connectivity index (χ4n) is 2.93. The second kappa shape index (κ2) is 8.90. The number of methoxy groups -OCH3 is 1. The van der Waals surface area contributed by atoms with Crippen LogP contribution in [0, 0.1) is 13.8 Å². The Labute approximate surface area is 161 Å². The average Bonchev–Trinajstić information content (AvgIpc) is 2.60. The minimum Gasteiger partial charge on any atom is -0.497 e. The first kappa shape index (κ1) is 20.8. The summed E-state index contributed by atoms with van der Waals surface area (Å²) in [6.07, 6.45) is 1.41. The Balaban J connectivity index is 2.00. The first-order valence-corrected chi connectivity index (χ1v) is 10.5. The van der Waals surface area contributed by atoms with E-state index in [1.54, 1.807) is 19.2 Å². The number of para-hydroxylation sites is 1. The van der Waals surface area contributed by atoms with Gasteiger partial charge in [-0.15, -0.1) is 0 Å². The number of anilines is 1. The average molecular weight is 391 g/mol. The zero-order chi connectivity index (χ0) is 20.0. The van der Waals surface area contributed by atoms with Gasteiger partial charge in [0.15, 0.2) is 0 Å². The predicted molar refractivity (Wildman–Crippen MR) is 108 cm³/mol. The highest BCUT2D eigenvalue weighted by Crippen LogP contribution is 2.26. The molecule has 0 radical (unpaired) electrons. The zero-order valence-corrected chi connectivity index (χ0v) is 17.0. The van der Waals surface area contributed by atoms with Gasteiger partial charge in [-0.1, -0.05) is 30.3 Å². The number of carbonyl (C=O) groups is 1. The van der Waals surface area contributed by atoms with Crippen molar-refractivity contribution in [3.8, 4) is 5.75 Å². The number of carbonyl (C=O) groups excluding carboxylic acids is 1. The van der Waals surface area contributed by atoms with Crippen LogP contribution in [0.25, 0.3) is 0 Å². The van der Waals surface area contributed by atoms with Gasteiger partial charge in [0.2, 0.25) is 15.9 Å². The molecule has 1 N–H and O–H groups in total. The highest BCUT2D eigenvalue weighted by Gasteiger charge is 2.20. The molecule has 6 nitrogen and oxygen atoms in total. The largest absolute Gasteiger partial charge is 0.497 e. The number of rotatable bonds is 8. The molecule has 2 rings (SSSR count). The Morgan fingerprint density at radius 1 is 1.07 bits per heavy atom. The van der Waals surface area contributed by atoms with Crippen molar-refractivity contribution in [3.05, 3.63) is 59.2 Å². The number of hydrogen-bond acceptors (Lipinski definition) is 4. The van der Waals surface area contributed by atoms with Crippen LogP contribution in [-0.2, 0) is 21.2 Å². The molecule has 7 heteroatoms. The Kier molecular flexibility index (Phi) is 6.85. The fourth-order valence-corrected chi connectivity index (χ4v) is 3.97. The van der Waals surface area contributed by atoms with Crippen LogP contribution < -0.4 is 14.4 Å². The highest BCUT2D eigenvalue weighted by molar-refractivity contribution is 7.92. The summed E-state index contributed by atoms with van der Waals surface area (Å²) in [6.45, 7) is 4.17. The highest BCUT2D eigenvalue weighted by atomic mass is 32.2. The van der Waals surface area contributed by atoms with E-state index in [0.717, 1.165) is 22.4 Å². The summed E-state index contributed by atoms with van der Waals surface area (Å²) in [5.41, 5.74) is 3.29. The molecule has 0 saturated heterocycles. The molecule has 2 aromatic rings. The number of nitrogens with one attached hydrogen (secondary N) is 1. The van der Waals surface area contributed by atoms with Gasteiger partial charge < -0.3 is 10.1 Å². The summed E-state index contributed by atoms with van der Waals surface area (Å²) in [5, 5.41) is 2.79.